The Labute approximate surface area is 209 Å². The van der Waals surface area contributed by atoms with Crippen molar-refractivity contribution in [2.24, 2.45) is 0 Å². The minimum Gasteiger partial charge on any atom is -0.309 e. The molecule has 0 unspecified atom stereocenters. The second-order valence-electron chi connectivity index (χ2n) is 8.10. The summed E-state index contributed by atoms with van der Waals surface area (Å²) in [7, 11) is 0. The molecule has 0 saturated carbocycles. The van der Waals surface area contributed by atoms with E-state index in [1.165, 1.54) is 49.7 Å². The average molecular weight is 553 g/mol. The van der Waals surface area contributed by atoms with Gasteiger partial charge in [-0.25, -0.2) is 0 Å². The maximum atomic E-state index is 3.84. The Hall–Kier alpha value is -3.14. The van der Waals surface area contributed by atoms with Crippen LogP contribution in [0.2, 0.25) is 0 Å². The summed E-state index contributed by atoms with van der Waals surface area (Å²) in [6.45, 7) is 0. The molecule has 0 saturated heterocycles. The van der Waals surface area contributed by atoms with Crippen LogP contribution in [-0.2, 0) is 0 Å². The zero-order valence-corrected chi connectivity index (χ0v) is 20.8. The fourth-order valence-corrected chi connectivity index (χ4v) is 5.75. The molecule has 0 aliphatic carbocycles. The molecule has 1 aromatic heterocycles. The molecular weight excluding hydrogens is 534 g/mol. The molecule has 0 radical (unpaired) electrons. The lowest BCUT2D eigenvalue weighted by Gasteiger charge is -2.12. The molecule has 1 heterocycles. The molecule has 1 nitrogen and oxygen atoms in total. The predicted octanol–water partition coefficient (Wildman–Crippen LogP) is 9.64. The maximum absolute atomic E-state index is 3.84. The summed E-state index contributed by atoms with van der Waals surface area (Å²) in [4.78, 5) is 0. The Morgan fingerprint density at radius 3 is 1.76 bits per heavy atom. The van der Waals surface area contributed by atoms with Crippen LogP contribution in [0.3, 0.4) is 0 Å². The van der Waals surface area contributed by atoms with Crippen LogP contribution >= 0.6 is 31.9 Å². The van der Waals surface area contributed by atoms with Gasteiger partial charge < -0.3 is 4.57 Å². The molecular formula is C30H19Br2N. The molecule has 5 aromatic carbocycles. The van der Waals surface area contributed by atoms with Crippen molar-refractivity contribution in [1.82, 2.24) is 4.57 Å². The van der Waals surface area contributed by atoms with Crippen LogP contribution in [-0.4, -0.2) is 4.57 Å². The van der Waals surface area contributed by atoms with Crippen molar-refractivity contribution in [2.45, 2.75) is 0 Å². The van der Waals surface area contributed by atoms with Crippen LogP contribution in [0.25, 0.3) is 49.7 Å². The van der Waals surface area contributed by atoms with Gasteiger partial charge in [-0.1, -0.05) is 105 Å². The van der Waals surface area contributed by atoms with Gasteiger partial charge >= 0.3 is 0 Å². The number of nitrogens with zero attached hydrogens (tertiary/aromatic N) is 1. The van der Waals surface area contributed by atoms with Crippen LogP contribution in [0.4, 0.5) is 0 Å². The Kier molecular flexibility index (Phi) is 5.17. The van der Waals surface area contributed by atoms with Crippen LogP contribution in [0.15, 0.2) is 124 Å². The molecule has 0 atom stereocenters. The number of fused-ring (bicyclic) bond motifs is 3. The second-order valence-corrected chi connectivity index (χ2v) is 9.81. The molecule has 0 aliphatic rings. The van der Waals surface area contributed by atoms with Crippen LogP contribution < -0.4 is 0 Å². The van der Waals surface area contributed by atoms with Crippen molar-refractivity contribution < 1.29 is 0 Å². The van der Waals surface area contributed by atoms with E-state index in [2.05, 4.69) is 146 Å². The summed E-state index contributed by atoms with van der Waals surface area (Å²) in [5, 5.41) is 2.51. The Morgan fingerprint density at radius 2 is 1.03 bits per heavy atom. The molecule has 33 heavy (non-hydrogen) atoms. The normalized spacial score (nSPS) is 11.3. The molecule has 0 bridgehead atoms. The highest BCUT2D eigenvalue weighted by atomic mass is 79.9. The first-order valence-electron chi connectivity index (χ1n) is 10.8. The standard InChI is InChI=1S/C30H19Br2N/c31-27-19-25(28(32)18-24(27)20-9-3-1-4-10-20)21-15-16-30-26(17-21)23-13-7-8-14-29(23)33(30)22-11-5-2-6-12-22/h1-19H. The highest BCUT2D eigenvalue weighted by Crippen LogP contribution is 2.40. The van der Waals surface area contributed by atoms with Crippen LogP contribution in [0.5, 0.6) is 0 Å². The molecule has 0 spiro atoms. The van der Waals surface area contributed by atoms with Crippen molar-refractivity contribution in [3.8, 4) is 27.9 Å². The SMILES string of the molecule is Brc1cc(-c2ccc3c(c2)c2ccccc2n3-c2ccccc2)c(Br)cc1-c1ccccc1. The number of para-hydroxylation sites is 2. The number of halogens is 2. The summed E-state index contributed by atoms with van der Waals surface area (Å²) < 4.78 is 4.51. The van der Waals surface area contributed by atoms with E-state index in [0.29, 0.717) is 0 Å². The molecule has 0 aliphatic heterocycles. The van der Waals surface area contributed by atoms with Gasteiger partial charge in [-0.05, 0) is 64.7 Å². The number of hydrogen-bond donors (Lipinski definition) is 0. The van der Waals surface area contributed by atoms with Crippen molar-refractivity contribution in [2.75, 3.05) is 0 Å². The summed E-state index contributed by atoms with van der Waals surface area (Å²) in [6, 6.07) is 40.8. The van der Waals surface area contributed by atoms with E-state index in [4.69, 9.17) is 0 Å². The van der Waals surface area contributed by atoms with E-state index in [1.54, 1.807) is 0 Å². The van der Waals surface area contributed by atoms with Gasteiger partial charge in [0.1, 0.15) is 0 Å². The maximum Gasteiger partial charge on any atom is 0.0541 e. The molecule has 158 valence electrons. The second kappa shape index (κ2) is 8.33. The number of hydrogen-bond acceptors (Lipinski definition) is 0. The van der Waals surface area contributed by atoms with Gasteiger partial charge in [-0.2, -0.15) is 0 Å². The van der Waals surface area contributed by atoms with E-state index in [-0.39, 0.29) is 0 Å². The summed E-state index contributed by atoms with van der Waals surface area (Å²) in [5.41, 5.74) is 8.32. The topological polar surface area (TPSA) is 4.93 Å². The van der Waals surface area contributed by atoms with E-state index < -0.39 is 0 Å². The van der Waals surface area contributed by atoms with E-state index in [1.807, 2.05) is 6.07 Å². The van der Waals surface area contributed by atoms with Crippen LogP contribution in [0.1, 0.15) is 0 Å². The first kappa shape index (κ1) is 20.5. The predicted molar refractivity (Wildman–Crippen MR) is 147 cm³/mol. The lowest BCUT2D eigenvalue weighted by molar-refractivity contribution is 1.18. The largest absolute Gasteiger partial charge is 0.309 e. The molecule has 3 heteroatoms. The van der Waals surface area contributed by atoms with Crippen molar-refractivity contribution in [3.63, 3.8) is 0 Å². The molecule has 0 amide bonds. The summed E-state index contributed by atoms with van der Waals surface area (Å²) in [5.74, 6) is 0. The number of aromatic nitrogens is 1. The van der Waals surface area contributed by atoms with Crippen LogP contribution in [0, 0.1) is 0 Å². The minimum absolute atomic E-state index is 1.08. The van der Waals surface area contributed by atoms with E-state index in [9.17, 15) is 0 Å². The number of rotatable bonds is 3. The number of benzene rings is 5. The fourth-order valence-electron chi connectivity index (χ4n) is 4.60. The van der Waals surface area contributed by atoms with Gasteiger partial charge in [0.2, 0.25) is 0 Å². The third kappa shape index (κ3) is 3.52. The average Bonchev–Trinajstić information content (AvgIpc) is 3.20. The fraction of sp³-hybridized carbons (Fsp3) is 0. The van der Waals surface area contributed by atoms with E-state index >= 15 is 0 Å². The lowest BCUT2D eigenvalue weighted by atomic mass is 9.99. The van der Waals surface area contributed by atoms with E-state index in [0.717, 1.165) is 8.95 Å². The third-order valence-corrected chi connectivity index (χ3v) is 7.45. The molecule has 0 N–H and O–H groups in total. The van der Waals surface area contributed by atoms with Gasteiger partial charge in [0.05, 0.1) is 11.0 Å². The van der Waals surface area contributed by atoms with Gasteiger partial charge in [0, 0.05) is 25.4 Å². The van der Waals surface area contributed by atoms with Gasteiger partial charge in [-0.3, -0.25) is 0 Å². The monoisotopic (exact) mass is 551 g/mol. The van der Waals surface area contributed by atoms with Crippen molar-refractivity contribution in [1.29, 1.82) is 0 Å². The van der Waals surface area contributed by atoms with Gasteiger partial charge in [-0.15, -0.1) is 0 Å². The first-order valence-corrected chi connectivity index (χ1v) is 12.4. The molecule has 6 rings (SSSR count). The summed E-state index contributed by atoms with van der Waals surface area (Å²) >= 11 is 7.66. The minimum atomic E-state index is 1.08. The van der Waals surface area contributed by atoms with Gasteiger partial charge in [0.25, 0.3) is 0 Å². The molecule has 6 aromatic rings. The summed E-state index contributed by atoms with van der Waals surface area (Å²) in [6.07, 6.45) is 0. The Balaban J connectivity index is 1.56. The Morgan fingerprint density at radius 1 is 0.455 bits per heavy atom. The smallest absolute Gasteiger partial charge is 0.0541 e. The van der Waals surface area contributed by atoms with Gasteiger partial charge in [0.15, 0.2) is 0 Å². The Bertz CT molecular complexity index is 1620. The highest BCUT2D eigenvalue weighted by Gasteiger charge is 2.15. The van der Waals surface area contributed by atoms with Crippen molar-refractivity contribution >= 4 is 53.7 Å². The quantitative estimate of drug-likeness (QED) is 0.206. The molecule has 0 fully saturated rings. The highest BCUT2D eigenvalue weighted by molar-refractivity contribution is 9.11. The zero-order valence-electron chi connectivity index (χ0n) is 17.7. The third-order valence-electron chi connectivity index (χ3n) is 6.14. The van der Waals surface area contributed by atoms with Crippen molar-refractivity contribution in [3.05, 3.63) is 124 Å². The first-order chi connectivity index (χ1) is 16.2. The lowest BCUT2D eigenvalue weighted by Crippen LogP contribution is -1.93. The zero-order chi connectivity index (χ0) is 22.4.